The first-order chi connectivity index (χ1) is 21.3. The molecular weight excluding hydrogens is 590 g/mol. The van der Waals surface area contributed by atoms with Crippen LogP contribution in [0.5, 0.6) is 0 Å². The summed E-state index contributed by atoms with van der Waals surface area (Å²) in [6.45, 7) is 5.18. The summed E-state index contributed by atoms with van der Waals surface area (Å²) >= 11 is 0. The van der Waals surface area contributed by atoms with Crippen molar-refractivity contribution < 1.29 is 27.2 Å². The van der Waals surface area contributed by atoms with Gasteiger partial charge in [0, 0.05) is 54.3 Å². The Kier molecular flexibility index (Phi) is 8.78. The minimum atomic E-state index is -4.96. The van der Waals surface area contributed by atoms with Gasteiger partial charge in [-0.05, 0) is 68.9 Å². The second-order valence-corrected chi connectivity index (χ2v) is 11.1. The molecule has 2 amide bonds. The Balaban J connectivity index is 1.56. The van der Waals surface area contributed by atoms with E-state index in [-0.39, 0.29) is 34.5 Å². The average Bonchev–Trinajstić information content (AvgIpc) is 2.99. The van der Waals surface area contributed by atoms with Gasteiger partial charge in [-0.25, -0.2) is 4.39 Å². The molecule has 3 N–H and O–H groups in total. The molecule has 8 nitrogen and oxygen atoms in total. The molecule has 0 bridgehead atoms. The molecule has 2 atom stereocenters. The normalized spacial score (nSPS) is 17.2. The molecule has 0 saturated carbocycles. The molecule has 5 rings (SSSR count). The van der Waals surface area contributed by atoms with Crippen LogP contribution in [-0.4, -0.2) is 53.9 Å². The Hall–Kier alpha value is -4.97. The first kappa shape index (κ1) is 31.5. The molecule has 234 valence electrons. The van der Waals surface area contributed by atoms with Crippen LogP contribution >= 0.6 is 0 Å². The van der Waals surface area contributed by atoms with Gasteiger partial charge in [0.1, 0.15) is 5.82 Å². The van der Waals surface area contributed by atoms with Gasteiger partial charge in [0.05, 0.1) is 22.5 Å². The number of nitrogens with one attached hydrogen (secondary N) is 3. The third kappa shape index (κ3) is 6.91. The molecule has 1 aliphatic heterocycles. The quantitative estimate of drug-likeness (QED) is 0.222. The van der Waals surface area contributed by atoms with E-state index in [1.165, 1.54) is 18.2 Å². The maximum atomic E-state index is 15.2. The van der Waals surface area contributed by atoms with Gasteiger partial charge in [-0.3, -0.25) is 19.3 Å². The van der Waals surface area contributed by atoms with Gasteiger partial charge in [-0.1, -0.05) is 24.3 Å². The molecule has 0 aliphatic carbocycles. The van der Waals surface area contributed by atoms with Gasteiger partial charge in [0.15, 0.2) is 0 Å². The van der Waals surface area contributed by atoms with Gasteiger partial charge < -0.3 is 20.5 Å². The molecule has 12 heteroatoms. The van der Waals surface area contributed by atoms with Crippen LogP contribution < -0.4 is 21.1 Å². The minimum absolute atomic E-state index is 0.0536. The van der Waals surface area contributed by atoms with Crippen molar-refractivity contribution in [1.29, 1.82) is 0 Å². The Labute approximate surface area is 256 Å². The van der Waals surface area contributed by atoms with E-state index in [0.717, 1.165) is 12.3 Å². The van der Waals surface area contributed by atoms with E-state index in [1.807, 2.05) is 25.8 Å². The van der Waals surface area contributed by atoms with E-state index in [9.17, 15) is 27.6 Å². The molecule has 1 aliphatic rings. The summed E-state index contributed by atoms with van der Waals surface area (Å²) in [4.78, 5) is 44.3. The van der Waals surface area contributed by atoms with Crippen LogP contribution in [0.2, 0.25) is 0 Å². The molecule has 1 saturated heterocycles. The zero-order valence-corrected chi connectivity index (χ0v) is 24.7. The van der Waals surface area contributed by atoms with Crippen LogP contribution in [0.1, 0.15) is 40.1 Å². The molecule has 3 aromatic carbocycles. The fourth-order valence-electron chi connectivity index (χ4n) is 5.38. The lowest BCUT2D eigenvalue weighted by molar-refractivity contribution is -0.138. The Morgan fingerprint density at radius 1 is 0.889 bits per heavy atom. The number of hydrogen-bond acceptors (Lipinski definition) is 5. The van der Waals surface area contributed by atoms with E-state index in [1.54, 1.807) is 42.5 Å². The largest absolute Gasteiger partial charge is 0.417 e. The maximum absolute atomic E-state index is 15.2. The number of benzene rings is 3. The number of halogens is 4. The lowest BCUT2D eigenvalue weighted by Crippen LogP contribution is -2.55. The number of H-pyrrole nitrogens is 1. The number of pyridine rings is 1. The molecule has 0 radical (unpaired) electrons. The van der Waals surface area contributed by atoms with Gasteiger partial charge in [-0.2, -0.15) is 13.2 Å². The van der Waals surface area contributed by atoms with Crippen LogP contribution in [0.25, 0.3) is 11.1 Å². The molecule has 2 heterocycles. The zero-order valence-electron chi connectivity index (χ0n) is 24.7. The van der Waals surface area contributed by atoms with Crippen LogP contribution in [0.4, 0.5) is 34.6 Å². The highest BCUT2D eigenvalue weighted by Crippen LogP contribution is 2.36. The minimum Gasteiger partial charge on any atom is -0.367 e. The third-order valence-electron chi connectivity index (χ3n) is 7.99. The summed E-state index contributed by atoms with van der Waals surface area (Å²) in [5.41, 5.74) is -1.43. The predicted molar refractivity (Wildman–Crippen MR) is 165 cm³/mol. The second kappa shape index (κ2) is 12.6. The highest BCUT2D eigenvalue weighted by molar-refractivity contribution is 6.08. The van der Waals surface area contributed by atoms with E-state index in [0.29, 0.717) is 30.5 Å². The number of carbonyl (C=O) groups is 2. The van der Waals surface area contributed by atoms with Crippen molar-refractivity contribution in [3.8, 4) is 11.1 Å². The average molecular weight is 622 g/mol. The number of piperazine rings is 1. The monoisotopic (exact) mass is 621 g/mol. The van der Waals surface area contributed by atoms with Crippen molar-refractivity contribution in [3.63, 3.8) is 0 Å². The van der Waals surface area contributed by atoms with E-state index >= 15 is 4.39 Å². The molecule has 1 aromatic heterocycles. The number of likely N-dealkylation sites (N-methyl/N-ethyl adjacent to an activating group) is 1. The number of aromatic nitrogens is 1. The maximum Gasteiger partial charge on any atom is 0.417 e. The Morgan fingerprint density at radius 2 is 1.58 bits per heavy atom. The van der Waals surface area contributed by atoms with Crippen molar-refractivity contribution in [2.24, 2.45) is 0 Å². The number of rotatable bonds is 6. The third-order valence-corrected chi connectivity index (χ3v) is 7.99. The Morgan fingerprint density at radius 3 is 2.24 bits per heavy atom. The first-order valence-corrected chi connectivity index (χ1v) is 14.2. The number of para-hydroxylation sites is 1. The van der Waals surface area contributed by atoms with Crippen LogP contribution in [0.15, 0.2) is 83.8 Å². The van der Waals surface area contributed by atoms with Crippen molar-refractivity contribution in [1.82, 2.24) is 9.88 Å². The predicted octanol–water partition coefficient (Wildman–Crippen LogP) is 6.23. The number of anilines is 3. The molecule has 1 fully saturated rings. The number of amides is 2. The molecule has 0 unspecified atom stereocenters. The highest BCUT2D eigenvalue weighted by atomic mass is 19.4. The van der Waals surface area contributed by atoms with Gasteiger partial charge >= 0.3 is 6.18 Å². The van der Waals surface area contributed by atoms with Gasteiger partial charge in [-0.15, -0.1) is 0 Å². The topological polar surface area (TPSA) is 97.5 Å². The number of alkyl halides is 3. The number of hydrogen-bond donors (Lipinski definition) is 3. The van der Waals surface area contributed by atoms with Crippen LogP contribution in [0, 0.1) is 5.82 Å². The summed E-state index contributed by atoms with van der Waals surface area (Å²) in [6.07, 6.45) is -4.24. The second-order valence-electron chi connectivity index (χ2n) is 11.1. The summed E-state index contributed by atoms with van der Waals surface area (Å²) in [5, 5.41) is 5.33. The van der Waals surface area contributed by atoms with Crippen molar-refractivity contribution >= 4 is 28.9 Å². The van der Waals surface area contributed by atoms with Gasteiger partial charge in [0.2, 0.25) is 5.56 Å². The number of aromatic amines is 1. The summed E-state index contributed by atoms with van der Waals surface area (Å²) < 4.78 is 56.5. The molecule has 4 aromatic rings. The van der Waals surface area contributed by atoms with Crippen LogP contribution in [-0.2, 0) is 6.18 Å². The Bertz CT molecular complexity index is 1780. The van der Waals surface area contributed by atoms with E-state index in [2.05, 4.69) is 20.5 Å². The van der Waals surface area contributed by atoms with Gasteiger partial charge in [0.25, 0.3) is 11.8 Å². The molecule has 45 heavy (non-hydrogen) atoms. The SMILES string of the molecule is C[C@@H]1CN(c2ccc(-c3cc(C(=O)Nc4ccccc4)ccc3F)cc2NC(=O)c2c[nH]c(=O)cc2C(F)(F)F)C[C@H](C)N1C. The lowest BCUT2D eigenvalue weighted by atomic mass is 9.99. The number of carbonyl (C=O) groups excluding carboxylic acids is 2. The smallest absolute Gasteiger partial charge is 0.367 e. The highest BCUT2D eigenvalue weighted by Gasteiger charge is 2.36. The molecular formula is C33H31F4N5O3. The summed E-state index contributed by atoms with van der Waals surface area (Å²) in [7, 11) is 2.00. The fraction of sp³-hybridized carbons (Fsp3) is 0.242. The van der Waals surface area contributed by atoms with Crippen molar-refractivity contribution in [2.75, 3.05) is 35.7 Å². The zero-order chi connectivity index (χ0) is 32.5. The fourth-order valence-corrected chi connectivity index (χ4v) is 5.38. The van der Waals surface area contributed by atoms with Crippen molar-refractivity contribution in [3.05, 3.63) is 112 Å². The van der Waals surface area contributed by atoms with Crippen LogP contribution in [0.3, 0.4) is 0 Å². The summed E-state index contributed by atoms with van der Waals surface area (Å²) in [6, 6.07) is 18.0. The first-order valence-electron chi connectivity index (χ1n) is 14.2. The number of nitrogens with zero attached hydrogens (tertiary/aromatic N) is 2. The van der Waals surface area contributed by atoms with E-state index < -0.39 is 40.5 Å². The van der Waals surface area contributed by atoms with E-state index in [4.69, 9.17) is 0 Å². The van der Waals surface area contributed by atoms with Crippen molar-refractivity contribution in [2.45, 2.75) is 32.1 Å². The summed E-state index contributed by atoms with van der Waals surface area (Å²) in [5.74, 6) is -2.22. The standard InChI is InChI=1S/C33H31F4N5O3/c1-19-17-42(18-20(2)41(19)3)29-12-10-21(14-28(29)40-32(45)25-16-38-30(43)15-26(25)33(35,36)37)24-13-22(9-11-27(24)34)31(44)39-23-7-5-4-6-8-23/h4-16,19-20H,17-18H2,1-3H3,(H,38,43)(H,39,44)(H,40,45)/t19-,20+. The molecule has 0 spiro atoms. The lowest BCUT2D eigenvalue weighted by Gasteiger charge is -2.44.